The molecule has 1 aliphatic carbocycles. The van der Waals surface area contributed by atoms with E-state index in [-0.39, 0.29) is 12.5 Å². The summed E-state index contributed by atoms with van der Waals surface area (Å²) < 4.78 is 11.3. The second kappa shape index (κ2) is 8.77. The zero-order valence-corrected chi connectivity index (χ0v) is 14.8. The fraction of sp³-hybridized carbons (Fsp3) is 0.350. The van der Waals surface area contributed by atoms with Gasteiger partial charge in [0.1, 0.15) is 18.1 Å². The van der Waals surface area contributed by atoms with Gasteiger partial charge >= 0.3 is 0 Å². The van der Waals surface area contributed by atoms with E-state index < -0.39 is 0 Å². The minimum absolute atomic E-state index is 0.0164. The topological polar surface area (TPSA) is 47.6 Å². The van der Waals surface area contributed by atoms with Crippen LogP contribution in [0.3, 0.4) is 0 Å². The van der Waals surface area contributed by atoms with Crippen molar-refractivity contribution in [2.75, 3.05) is 19.8 Å². The lowest BCUT2D eigenvalue weighted by atomic mass is 9.91. The maximum Gasteiger partial charge on any atom is 0.258 e. The van der Waals surface area contributed by atoms with Crippen LogP contribution < -0.4 is 14.8 Å². The van der Waals surface area contributed by atoms with Crippen molar-refractivity contribution in [1.29, 1.82) is 0 Å². The minimum Gasteiger partial charge on any atom is -0.490 e. The van der Waals surface area contributed by atoms with E-state index in [4.69, 9.17) is 21.1 Å². The van der Waals surface area contributed by atoms with Crippen LogP contribution in [0.1, 0.15) is 24.0 Å². The lowest BCUT2D eigenvalue weighted by Crippen LogP contribution is -2.32. The molecule has 2 aromatic carbocycles. The summed E-state index contributed by atoms with van der Waals surface area (Å²) >= 11 is 6.01. The molecule has 1 aliphatic rings. The maximum absolute atomic E-state index is 11.9. The summed E-state index contributed by atoms with van der Waals surface area (Å²) in [5, 5.41) is 3.35. The van der Waals surface area contributed by atoms with Crippen LogP contribution >= 0.6 is 11.6 Å². The van der Waals surface area contributed by atoms with Crippen molar-refractivity contribution in [3.63, 3.8) is 0 Å². The van der Waals surface area contributed by atoms with Crippen LogP contribution in [0.5, 0.6) is 11.5 Å². The molecule has 0 heterocycles. The van der Waals surface area contributed by atoms with E-state index >= 15 is 0 Å². The quantitative estimate of drug-likeness (QED) is 0.765. The number of fused-ring (bicyclic) bond motifs is 1. The highest BCUT2D eigenvalue weighted by Gasteiger charge is 2.14. The second-order valence-corrected chi connectivity index (χ2v) is 6.43. The van der Waals surface area contributed by atoms with Crippen molar-refractivity contribution >= 4 is 17.5 Å². The third kappa shape index (κ3) is 4.89. The maximum atomic E-state index is 11.9. The number of hydrogen-bond donors (Lipinski definition) is 1. The van der Waals surface area contributed by atoms with Gasteiger partial charge in [-0.3, -0.25) is 4.79 Å². The molecule has 0 aliphatic heterocycles. The molecule has 2 aromatic rings. The van der Waals surface area contributed by atoms with E-state index in [2.05, 4.69) is 11.4 Å². The van der Waals surface area contributed by atoms with Gasteiger partial charge in [-0.05, 0) is 55.0 Å². The highest BCUT2D eigenvalue weighted by Crippen LogP contribution is 2.29. The van der Waals surface area contributed by atoms with Crippen molar-refractivity contribution in [2.45, 2.75) is 25.7 Å². The lowest BCUT2D eigenvalue weighted by molar-refractivity contribution is -0.123. The van der Waals surface area contributed by atoms with E-state index in [1.165, 1.54) is 24.0 Å². The van der Waals surface area contributed by atoms with Gasteiger partial charge < -0.3 is 14.8 Å². The van der Waals surface area contributed by atoms with Crippen molar-refractivity contribution in [1.82, 2.24) is 5.32 Å². The number of nitrogens with one attached hydrogen (secondary N) is 1. The molecule has 0 unspecified atom stereocenters. The molecule has 4 nitrogen and oxygen atoms in total. The van der Waals surface area contributed by atoms with Gasteiger partial charge in [0.15, 0.2) is 6.61 Å². The summed E-state index contributed by atoms with van der Waals surface area (Å²) in [6.07, 6.45) is 4.53. The number of rotatable bonds is 7. The fourth-order valence-corrected chi connectivity index (χ4v) is 3.18. The van der Waals surface area contributed by atoms with Crippen LogP contribution in [-0.4, -0.2) is 25.7 Å². The Hall–Kier alpha value is -2.20. The van der Waals surface area contributed by atoms with Gasteiger partial charge in [0.2, 0.25) is 0 Å². The van der Waals surface area contributed by atoms with E-state index in [1.807, 2.05) is 24.3 Å². The number of hydrogen-bond acceptors (Lipinski definition) is 3. The highest BCUT2D eigenvalue weighted by molar-refractivity contribution is 6.32. The zero-order chi connectivity index (χ0) is 17.5. The first-order valence-electron chi connectivity index (χ1n) is 8.61. The number of para-hydroxylation sites is 1. The van der Waals surface area contributed by atoms with Crippen LogP contribution in [0.25, 0.3) is 0 Å². The molecule has 3 rings (SSSR count). The molecule has 5 heteroatoms. The summed E-state index contributed by atoms with van der Waals surface area (Å²) in [4.78, 5) is 11.9. The number of amides is 1. The molecule has 0 saturated heterocycles. The molecule has 0 bridgehead atoms. The Bertz CT molecular complexity index is 733. The van der Waals surface area contributed by atoms with E-state index in [0.29, 0.717) is 23.9 Å². The third-order valence-corrected chi connectivity index (χ3v) is 4.54. The average molecular weight is 360 g/mol. The summed E-state index contributed by atoms with van der Waals surface area (Å²) in [5.41, 5.74) is 2.60. The Morgan fingerprint density at radius 1 is 1.00 bits per heavy atom. The number of carbonyl (C=O) groups is 1. The predicted molar refractivity (Wildman–Crippen MR) is 98.5 cm³/mol. The molecule has 132 valence electrons. The average Bonchev–Trinajstić information content (AvgIpc) is 2.65. The number of carbonyl (C=O) groups excluding carboxylic acids is 1. The van der Waals surface area contributed by atoms with Crippen LogP contribution in [-0.2, 0) is 17.6 Å². The third-order valence-electron chi connectivity index (χ3n) is 4.23. The Kier molecular flexibility index (Phi) is 6.18. The molecule has 25 heavy (non-hydrogen) atoms. The number of ether oxygens (including phenoxy) is 2. The van der Waals surface area contributed by atoms with Crippen molar-refractivity contribution in [3.8, 4) is 11.5 Å². The molecular formula is C20H22ClNO3. The molecule has 0 radical (unpaired) electrons. The van der Waals surface area contributed by atoms with E-state index in [9.17, 15) is 4.79 Å². The van der Waals surface area contributed by atoms with Gasteiger partial charge in [0, 0.05) is 0 Å². The standard InChI is InChI=1S/C20H22ClNO3/c21-17-9-3-4-10-19(17)24-13-12-22-20(23)14-25-18-11-5-7-15-6-1-2-8-16(15)18/h3-5,7,9-11H,1-2,6,8,12-14H2,(H,22,23). The van der Waals surface area contributed by atoms with Gasteiger partial charge in [0.05, 0.1) is 11.6 Å². The van der Waals surface area contributed by atoms with Gasteiger partial charge in [-0.1, -0.05) is 35.9 Å². The van der Waals surface area contributed by atoms with Crippen LogP contribution in [0.2, 0.25) is 5.02 Å². The molecule has 0 atom stereocenters. The monoisotopic (exact) mass is 359 g/mol. The molecule has 0 fully saturated rings. The van der Waals surface area contributed by atoms with E-state index in [1.54, 1.807) is 12.1 Å². The smallest absolute Gasteiger partial charge is 0.258 e. The first kappa shape index (κ1) is 17.6. The van der Waals surface area contributed by atoms with Crippen LogP contribution in [0.4, 0.5) is 0 Å². The highest BCUT2D eigenvalue weighted by atomic mass is 35.5. The Morgan fingerprint density at radius 3 is 2.68 bits per heavy atom. The van der Waals surface area contributed by atoms with Gasteiger partial charge in [-0.25, -0.2) is 0 Å². The van der Waals surface area contributed by atoms with E-state index in [0.717, 1.165) is 18.6 Å². The summed E-state index contributed by atoms with van der Waals surface area (Å²) in [5.74, 6) is 1.29. The Morgan fingerprint density at radius 2 is 1.80 bits per heavy atom. The van der Waals surface area contributed by atoms with Crippen molar-refractivity contribution in [3.05, 3.63) is 58.6 Å². The molecule has 1 N–H and O–H groups in total. The summed E-state index contributed by atoms with van der Waals surface area (Å²) in [6.45, 7) is 0.777. The van der Waals surface area contributed by atoms with Gasteiger partial charge in [-0.15, -0.1) is 0 Å². The first-order chi connectivity index (χ1) is 12.2. The number of benzene rings is 2. The number of aryl methyl sites for hydroxylation is 1. The zero-order valence-electron chi connectivity index (χ0n) is 14.1. The molecule has 0 saturated carbocycles. The minimum atomic E-state index is -0.156. The van der Waals surface area contributed by atoms with Crippen LogP contribution in [0.15, 0.2) is 42.5 Å². The van der Waals surface area contributed by atoms with Gasteiger partial charge in [-0.2, -0.15) is 0 Å². The largest absolute Gasteiger partial charge is 0.490 e. The SMILES string of the molecule is O=C(COc1cccc2c1CCCC2)NCCOc1ccccc1Cl. The summed E-state index contributed by atoms with van der Waals surface area (Å²) in [6, 6.07) is 13.3. The van der Waals surface area contributed by atoms with Crippen molar-refractivity contribution in [2.24, 2.45) is 0 Å². The fourth-order valence-electron chi connectivity index (χ4n) is 2.99. The Balaban J connectivity index is 1.41. The normalized spacial score (nSPS) is 13.0. The Labute approximate surface area is 153 Å². The molecule has 0 aromatic heterocycles. The number of halogens is 1. The van der Waals surface area contributed by atoms with Gasteiger partial charge in [0.25, 0.3) is 5.91 Å². The first-order valence-corrected chi connectivity index (χ1v) is 8.99. The van der Waals surface area contributed by atoms with Crippen molar-refractivity contribution < 1.29 is 14.3 Å². The molecule has 0 spiro atoms. The lowest BCUT2D eigenvalue weighted by Gasteiger charge is -2.19. The second-order valence-electron chi connectivity index (χ2n) is 6.02. The van der Waals surface area contributed by atoms with Crippen LogP contribution in [0, 0.1) is 0 Å². The summed E-state index contributed by atoms with van der Waals surface area (Å²) in [7, 11) is 0. The predicted octanol–water partition coefficient (Wildman–Crippen LogP) is 3.79. The molecule has 1 amide bonds. The molecular weight excluding hydrogens is 338 g/mol.